The number of benzene rings is 1. The Balaban J connectivity index is 1.77. The van der Waals surface area contributed by atoms with E-state index < -0.39 is 0 Å². The number of piperidine rings is 1. The number of aliphatic hydroxyl groups is 1. The summed E-state index contributed by atoms with van der Waals surface area (Å²) in [7, 11) is 0. The third-order valence-electron chi connectivity index (χ3n) is 4.31. The van der Waals surface area contributed by atoms with Gasteiger partial charge in [0.05, 0.1) is 11.5 Å². The Kier molecular flexibility index (Phi) is 3.39. The summed E-state index contributed by atoms with van der Waals surface area (Å²) in [6.07, 6.45) is 3.09. The van der Waals surface area contributed by atoms with Crippen molar-refractivity contribution in [2.24, 2.45) is 0 Å². The molecule has 1 amide bonds. The van der Waals surface area contributed by atoms with Gasteiger partial charge in [-0.1, -0.05) is 28.1 Å². The van der Waals surface area contributed by atoms with E-state index in [0.29, 0.717) is 25.9 Å². The zero-order chi connectivity index (χ0) is 13.5. The number of rotatable bonds is 2. The van der Waals surface area contributed by atoms with Gasteiger partial charge in [0, 0.05) is 17.6 Å². The number of aliphatic hydroxyl groups excluding tert-OH is 1. The summed E-state index contributed by atoms with van der Waals surface area (Å²) in [5, 5.41) is 9.53. The molecule has 1 heterocycles. The average Bonchev–Trinajstić information content (AvgIpc) is 3.21. The summed E-state index contributed by atoms with van der Waals surface area (Å²) in [4.78, 5) is 14.6. The van der Waals surface area contributed by atoms with E-state index in [1.54, 1.807) is 0 Å². The van der Waals surface area contributed by atoms with Crippen LogP contribution in [0.5, 0.6) is 0 Å². The van der Waals surface area contributed by atoms with Crippen molar-refractivity contribution in [2.75, 3.05) is 13.1 Å². The van der Waals surface area contributed by atoms with E-state index in [-0.39, 0.29) is 17.4 Å². The van der Waals surface area contributed by atoms with Gasteiger partial charge in [0.2, 0.25) is 5.91 Å². The summed E-state index contributed by atoms with van der Waals surface area (Å²) < 4.78 is 1.04. The highest BCUT2D eigenvalue weighted by Crippen LogP contribution is 2.50. The maximum absolute atomic E-state index is 12.7. The molecule has 19 heavy (non-hydrogen) atoms. The number of carbonyl (C=O) groups is 1. The predicted molar refractivity (Wildman–Crippen MR) is 76.9 cm³/mol. The number of nitrogens with zero attached hydrogens (tertiary/aromatic N) is 1. The molecule has 1 saturated carbocycles. The molecule has 0 aromatic heterocycles. The van der Waals surface area contributed by atoms with Crippen LogP contribution < -0.4 is 0 Å². The number of likely N-dealkylation sites (tertiary alicyclic amines) is 1. The van der Waals surface area contributed by atoms with Crippen molar-refractivity contribution in [3.8, 4) is 0 Å². The quantitative estimate of drug-likeness (QED) is 0.908. The van der Waals surface area contributed by atoms with Crippen molar-refractivity contribution in [1.82, 2.24) is 4.90 Å². The van der Waals surface area contributed by atoms with Crippen LogP contribution in [0.3, 0.4) is 0 Å². The Morgan fingerprint density at radius 3 is 2.32 bits per heavy atom. The Hall–Kier alpha value is -0.870. The van der Waals surface area contributed by atoms with Gasteiger partial charge >= 0.3 is 0 Å². The normalized spacial score (nSPS) is 22.3. The van der Waals surface area contributed by atoms with E-state index in [1.807, 2.05) is 29.2 Å². The fourth-order valence-electron chi connectivity index (χ4n) is 2.89. The van der Waals surface area contributed by atoms with Crippen molar-refractivity contribution in [1.29, 1.82) is 0 Å². The molecule has 2 aliphatic rings. The van der Waals surface area contributed by atoms with E-state index in [9.17, 15) is 9.90 Å². The van der Waals surface area contributed by atoms with Crippen LogP contribution in [0.25, 0.3) is 0 Å². The molecule has 3 rings (SSSR count). The minimum absolute atomic E-state index is 0.230. The fraction of sp³-hybridized carbons (Fsp3) is 0.533. The third-order valence-corrected chi connectivity index (χ3v) is 4.84. The number of hydrogen-bond donors (Lipinski definition) is 1. The standard InChI is InChI=1S/C15H18BrNO2/c16-12-3-1-11(2-4-12)15(7-8-15)14(19)17-9-5-13(18)6-10-17/h1-4,13,18H,5-10H2. The highest BCUT2D eigenvalue weighted by atomic mass is 79.9. The van der Waals surface area contributed by atoms with Gasteiger partial charge in [0.15, 0.2) is 0 Å². The van der Waals surface area contributed by atoms with E-state index >= 15 is 0 Å². The lowest BCUT2D eigenvalue weighted by Gasteiger charge is -2.32. The Labute approximate surface area is 121 Å². The van der Waals surface area contributed by atoms with E-state index in [0.717, 1.165) is 22.9 Å². The smallest absolute Gasteiger partial charge is 0.233 e. The number of hydrogen-bond acceptors (Lipinski definition) is 2. The first-order chi connectivity index (χ1) is 9.12. The Bertz CT molecular complexity index is 473. The molecule has 0 atom stereocenters. The van der Waals surface area contributed by atoms with Crippen molar-refractivity contribution >= 4 is 21.8 Å². The molecular weight excluding hydrogens is 306 g/mol. The van der Waals surface area contributed by atoms with Crippen LogP contribution >= 0.6 is 15.9 Å². The molecule has 4 heteroatoms. The van der Waals surface area contributed by atoms with Gasteiger partial charge in [-0.3, -0.25) is 4.79 Å². The highest BCUT2D eigenvalue weighted by Gasteiger charge is 2.53. The van der Waals surface area contributed by atoms with E-state index in [1.165, 1.54) is 0 Å². The number of halogens is 1. The fourth-order valence-corrected chi connectivity index (χ4v) is 3.16. The van der Waals surface area contributed by atoms with Crippen molar-refractivity contribution < 1.29 is 9.90 Å². The molecule has 1 aromatic rings. The van der Waals surface area contributed by atoms with Gasteiger partial charge in [0.1, 0.15) is 0 Å². The zero-order valence-electron chi connectivity index (χ0n) is 10.8. The summed E-state index contributed by atoms with van der Waals surface area (Å²) >= 11 is 3.43. The largest absolute Gasteiger partial charge is 0.393 e. The number of carbonyl (C=O) groups excluding carboxylic acids is 1. The maximum atomic E-state index is 12.7. The summed E-state index contributed by atoms with van der Waals surface area (Å²) in [6.45, 7) is 1.39. The lowest BCUT2D eigenvalue weighted by atomic mass is 9.93. The minimum Gasteiger partial charge on any atom is -0.393 e. The third kappa shape index (κ3) is 2.43. The molecule has 1 aliphatic carbocycles. The first-order valence-electron chi connectivity index (χ1n) is 6.85. The lowest BCUT2D eigenvalue weighted by Crippen LogP contribution is -2.45. The minimum atomic E-state index is -0.275. The van der Waals surface area contributed by atoms with Gasteiger partial charge in [0.25, 0.3) is 0 Å². The van der Waals surface area contributed by atoms with Crippen LogP contribution in [-0.2, 0) is 10.2 Å². The lowest BCUT2D eigenvalue weighted by molar-refractivity contribution is -0.136. The SMILES string of the molecule is O=C(N1CCC(O)CC1)C1(c2ccc(Br)cc2)CC1. The average molecular weight is 324 g/mol. The van der Waals surface area contributed by atoms with Gasteiger partial charge in [-0.2, -0.15) is 0 Å². The van der Waals surface area contributed by atoms with Crippen LogP contribution in [0.4, 0.5) is 0 Å². The van der Waals surface area contributed by atoms with E-state index in [2.05, 4.69) is 15.9 Å². The van der Waals surface area contributed by atoms with Crippen LogP contribution in [0.15, 0.2) is 28.7 Å². The van der Waals surface area contributed by atoms with Crippen LogP contribution in [-0.4, -0.2) is 35.1 Å². The second-order valence-electron chi connectivity index (χ2n) is 5.61. The topological polar surface area (TPSA) is 40.5 Å². The van der Waals surface area contributed by atoms with Gasteiger partial charge < -0.3 is 10.0 Å². The van der Waals surface area contributed by atoms with Gasteiger partial charge in [-0.15, -0.1) is 0 Å². The molecule has 102 valence electrons. The first kappa shape index (κ1) is 13.1. The molecular formula is C15H18BrNO2. The molecule has 1 aliphatic heterocycles. The second kappa shape index (κ2) is 4.91. The monoisotopic (exact) mass is 323 g/mol. The molecule has 0 radical (unpaired) electrons. The molecule has 1 aromatic carbocycles. The van der Waals surface area contributed by atoms with Crippen LogP contribution in [0, 0.1) is 0 Å². The molecule has 1 N–H and O–H groups in total. The van der Waals surface area contributed by atoms with Crippen LogP contribution in [0.1, 0.15) is 31.2 Å². The van der Waals surface area contributed by atoms with Gasteiger partial charge in [-0.25, -0.2) is 0 Å². The molecule has 2 fully saturated rings. The second-order valence-corrected chi connectivity index (χ2v) is 6.53. The van der Waals surface area contributed by atoms with Crippen molar-refractivity contribution in [2.45, 2.75) is 37.2 Å². The van der Waals surface area contributed by atoms with Crippen LogP contribution in [0.2, 0.25) is 0 Å². The molecule has 1 saturated heterocycles. The number of amides is 1. The highest BCUT2D eigenvalue weighted by molar-refractivity contribution is 9.10. The maximum Gasteiger partial charge on any atom is 0.233 e. The molecule has 3 nitrogen and oxygen atoms in total. The van der Waals surface area contributed by atoms with Crippen molar-refractivity contribution in [3.05, 3.63) is 34.3 Å². The van der Waals surface area contributed by atoms with E-state index in [4.69, 9.17) is 0 Å². The molecule has 0 unspecified atom stereocenters. The Morgan fingerprint density at radius 2 is 1.79 bits per heavy atom. The Morgan fingerprint density at radius 1 is 1.21 bits per heavy atom. The van der Waals surface area contributed by atoms with Gasteiger partial charge in [-0.05, 0) is 43.4 Å². The zero-order valence-corrected chi connectivity index (χ0v) is 12.4. The molecule has 0 spiro atoms. The summed E-state index contributed by atoms with van der Waals surface area (Å²) in [5.41, 5.74) is 0.857. The van der Waals surface area contributed by atoms with Crippen molar-refractivity contribution in [3.63, 3.8) is 0 Å². The predicted octanol–water partition coefficient (Wildman–Crippen LogP) is 2.46. The summed E-state index contributed by atoms with van der Waals surface area (Å²) in [5.74, 6) is 0.252. The summed E-state index contributed by atoms with van der Waals surface area (Å²) in [6, 6.07) is 8.10. The molecule has 0 bridgehead atoms. The first-order valence-corrected chi connectivity index (χ1v) is 7.65.